The molecule has 0 saturated carbocycles. The summed E-state index contributed by atoms with van der Waals surface area (Å²) < 4.78 is 5.05. The lowest BCUT2D eigenvalue weighted by molar-refractivity contribution is 0.160. The molecule has 0 aromatic rings. The minimum Gasteiger partial charge on any atom is -0.385 e. The summed E-state index contributed by atoms with van der Waals surface area (Å²) in [5, 5.41) is 3.48. The third kappa shape index (κ3) is 6.02. The summed E-state index contributed by atoms with van der Waals surface area (Å²) in [5.41, 5.74) is 5.74. The molecule has 0 radical (unpaired) electrons. The molecule has 13 heavy (non-hydrogen) atoms. The Hall–Kier alpha value is -0.120. The standard InChI is InChI=1S/C10H24N2O/c1-9(2)7-12-10(3,8-11)5-6-13-4/h9,12H,5-8,11H2,1-4H3. The van der Waals surface area contributed by atoms with Crippen LogP contribution in [0.2, 0.25) is 0 Å². The van der Waals surface area contributed by atoms with E-state index in [0.29, 0.717) is 12.5 Å². The Labute approximate surface area is 82.0 Å². The van der Waals surface area contributed by atoms with Gasteiger partial charge in [-0.15, -0.1) is 0 Å². The van der Waals surface area contributed by atoms with Crippen molar-refractivity contribution in [3.05, 3.63) is 0 Å². The van der Waals surface area contributed by atoms with Crippen molar-refractivity contribution in [2.75, 3.05) is 26.8 Å². The van der Waals surface area contributed by atoms with Gasteiger partial charge in [-0.25, -0.2) is 0 Å². The SMILES string of the molecule is COCCC(C)(CN)NCC(C)C. The van der Waals surface area contributed by atoms with E-state index in [1.807, 2.05) is 0 Å². The van der Waals surface area contributed by atoms with Crippen LogP contribution in [0, 0.1) is 5.92 Å². The maximum atomic E-state index is 5.72. The number of ether oxygens (including phenoxy) is 1. The van der Waals surface area contributed by atoms with Crippen LogP contribution in [0.25, 0.3) is 0 Å². The maximum Gasteiger partial charge on any atom is 0.0480 e. The Balaban J connectivity index is 3.81. The second-order valence-electron chi connectivity index (χ2n) is 4.28. The van der Waals surface area contributed by atoms with E-state index in [-0.39, 0.29) is 5.54 Å². The van der Waals surface area contributed by atoms with Crippen LogP contribution >= 0.6 is 0 Å². The van der Waals surface area contributed by atoms with Gasteiger partial charge in [0.15, 0.2) is 0 Å². The van der Waals surface area contributed by atoms with Gasteiger partial charge in [0.25, 0.3) is 0 Å². The molecule has 3 N–H and O–H groups in total. The summed E-state index contributed by atoms with van der Waals surface area (Å²) in [4.78, 5) is 0. The third-order valence-corrected chi connectivity index (χ3v) is 2.25. The van der Waals surface area contributed by atoms with Gasteiger partial charge in [-0.3, -0.25) is 0 Å². The molecule has 0 aliphatic carbocycles. The van der Waals surface area contributed by atoms with Crippen molar-refractivity contribution in [3.8, 4) is 0 Å². The van der Waals surface area contributed by atoms with E-state index in [0.717, 1.165) is 19.6 Å². The van der Waals surface area contributed by atoms with E-state index in [9.17, 15) is 0 Å². The molecule has 80 valence electrons. The van der Waals surface area contributed by atoms with Crippen LogP contribution in [0.1, 0.15) is 27.2 Å². The lowest BCUT2D eigenvalue weighted by Gasteiger charge is -2.30. The number of rotatable bonds is 7. The van der Waals surface area contributed by atoms with Crippen molar-refractivity contribution in [1.29, 1.82) is 0 Å². The summed E-state index contributed by atoms with van der Waals surface area (Å²) >= 11 is 0. The molecule has 1 atom stereocenters. The molecule has 0 amide bonds. The monoisotopic (exact) mass is 188 g/mol. The minimum absolute atomic E-state index is 0.0281. The molecule has 3 heteroatoms. The minimum atomic E-state index is 0.0281. The highest BCUT2D eigenvalue weighted by atomic mass is 16.5. The predicted molar refractivity (Wildman–Crippen MR) is 56.8 cm³/mol. The molecule has 0 aliphatic heterocycles. The topological polar surface area (TPSA) is 47.3 Å². The second-order valence-corrected chi connectivity index (χ2v) is 4.28. The van der Waals surface area contributed by atoms with Crippen LogP contribution in [0.3, 0.4) is 0 Å². The molecule has 0 aromatic carbocycles. The van der Waals surface area contributed by atoms with Crippen molar-refractivity contribution < 1.29 is 4.74 Å². The van der Waals surface area contributed by atoms with Crippen molar-refractivity contribution >= 4 is 0 Å². The number of hydrogen-bond acceptors (Lipinski definition) is 3. The quantitative estimate of drug-likeness (QED) is 0.626. The highest BCUT2D eigenvalue weighted by molar-refractivity contribution is 4.84. The van der Waals surface area contributed by atoms with E-state index >= 15 is 0 Å². The Kier molecular flexibility index (Phi) is 6.29. The number of hydrogen-bond donors (Lipinski definition) is 2. The molecule has 0 aromatic heterocycles. The lowest BCUT2D eigenvalue weighted by atomic mass is 9.97. The third-order valence-electron chi connectivity index (χ3n) is 2.25. The largest absolute Gasteiger partial charge is 0.385 e. The first-order chi connectivity index (χ1) is 6.04. The van der Waals surface area contributed by atoms with Gasteiger partial charge in [0.05, 0.1) is 0 Å². The van der Waals surface area contributed by atoms with Crippen molar-refractivity contribution in [1.82, 2.24) is 5.32 Å². The molecule has 0 saturated heterocycles. The van der Waals surface area contributed by atoms with Gasteiger partial charge in [0.2, 0.25) is 0 Å². The molecule has 0 rings (SSSR count). The van der Waals surface area contributed by atoms with E-state index in [1.54, 1.807) is 7.11 Å². The van der Waals surface area contributed by atoms with Crippen molar-refractivity contribution in [3.63, 3.8) is 0 Å². The van der Waals surface area contributed by atoms with Crippen LogP contribution in [0.15, 0.2) is 0 Å². The van der Waals surface area contributed by atoms with Crippen molar-refractivity contribution in [2.24, 2.45) is 11.7 Å². The normalized spacial score (nSPS) is 16.2. The molecular weight excluding hydrogens is 164 g/mol. The molecule has 0 fully saturated rings. The second kappa shape index (κ2) is 6.35. The first-order valence-corrected chi connectivity index (χ1v) is 4.98. The fourth-order valence-corrected chi connectivity index (χ4v) is 1.04. The van der Waals surface area contributed by atoms with Crippen LogP contribution in [0.4, 0.5) is 0 Å². The average molecular weight is 188 g/mol. The summed E-state index contributed by atoms with van der Waals surface area (Å²) in [7, 11) is 1.72. The van der Waals surface area contributed by atoms with Gasteiger partial charge in [-0.2, -0.15) is 0 Å². The maximum absolute atomic E-state index is 5.72. The van der Waals surface area contributed by atoms with E-state index in [2.05, 4.69) is 26.1 Å². The first-order valence-electron chi connectivity index (χ1n) is 4.98. The summed E-state index contributed by atoms with van der Waals surface area (Å²) in [6, 6.07) is 0. The van der Waals surface area contributed by atoms with Crippen LogP contribution in [-0.4, -0.2) is 32.3 Å². The predicted octanol–water partition coefficient (Wildman–Crippen LogP) is 0.986. The fraction of sp³-hybridized carbons (Fsp3) is 1.00. The van der Waals surface area contributed by atoms with Crippen LogP contribution < -0.4 is 11.1 Å². The Morgan fingerprint density at radius 2 is 2.08 bits per heavy atom. The Morgan fingerprint density at radius 1 is 1.46 bits per heavy atom. The smallest absolute Gasteiger partial charge is 0.0480 e. The first kappa shape index (κ1) is 12.9. The summed E-state index contributed by atoms with van der Waals surface area (Å²) in [5.74, 6) is 0.661. The fourth-order valence-electron chi connectivity index (χ4n) is 1.04. The molecule has 1 unspecified atom stereocenters. The summed E-state index contributed by atoms with van der Waals surface area (Å²) in [6.07, 6.45) is 0.965. The van der Waals surface area contributed by atoms with Gasteiger partial charge >= 0.3 is 0 Å². The van der Waals surface area contributed by atoms with Gasteiger partial charge in [-0.05, 0) is 25.8 Å². The zero-order valence-corrected chi connectivity index (χ0v) is 9.39. The lowest BCUT2D eigenvalue weighted by Crippen LogP contribution is -2.50. The molecule has 3 nitrogen and oxygen atoms in total. The van der Waals surface area contributed by atoms with E-state index in [1.165, 1.54) is 0 Å². The van der Waals surface area contributed by atoms with Crippen LogP contribution in [-0.2, 0) is 4.74 Å². The van der Waals surface area contributed by atoms with Gasteiger partial charge in [0, 0.05) is 25.8 Å². The Bertz CT molecular complexity index is 128. The molecule has 0 heterocycles. The summed E-state index contributed by atoms with van der Waals surface area (Å²) in [6.45, 7) is 8.97. The molecule has 0 aliphatic rings. The molecule has 0 spiro atoms. The van der Waals surface area contributed by atoms with Crippen LogP contribution in [0.5, 0.6) is 0 Å². The van der Waals surface area contributed by atoms with Gasteiger partial charge in [-0.1, -0.05) is 13.8 Å². The van der Waals surface area contributed by atoms with Gasteiger partial charge in [0.1, 0.15) is 0 Å². The molecular formula is C10H24N2O. The number of methoxy groups -OCH3 is 1. The molecule has 0 bridgehead atoms. The zero-order chi connectivity index (χ0) is 10.3. The average Bonchev–Trinajstić information content (AvgIpc) is 2.11. The Morgan fingerprint density at radius 3 is 2.46 bits per heavy atom. The number of nitrogens with two attached hydrogens (primary N) is 1. The van der Waals surface area contributed by atoms with E-state index < -0.39 is 0 Å². The number of nitrogens with one attached hydrogen (secondary N) is 1. The van der Waals surface area contributed by atoms with E-state index in [4.69, 9.17) is 10.5 Å². The van der Waals surface area contributed by atoms with Gasteiger partial charge < -0.3 is 15.8 Å². The van der Waals surface area contributed by atoms with Crippen molar-refractivity contribution in [2.45, 2.75) is 32.7 Å². The highest BCUT2D eigenvalue weighted by Crippen LogP contribution is 2.08. The highest BCUT2D eigenvalue weighted by Gasteiger charge is 2.21. The zero-order valence-electron chi connectivity index (χ0n) is 9.39.